The number of rotatable bonds is 8. The highest BCUT2D eigenvalue weighted by Gasteiger charge is 2.19. The Morgan fingerprint density at radius 1 is 1.21 bits per heavy atom. The summed E-state index contributed by atoms with van der Waals surface area (Å²) >= 11 is 0. The Morgan fingerprint density at radius 3 is 2.68 bits per heavy atom. The van der Waals surface area contributed by atoms with Crippen molar-refractivity contribution in [1.82, 2.24) is 10.1 Å². The van der Waals surface area contributed by atoms with Gasteiger partial charge in [-0.2, -0.15) is 4.98 Å². The maximum Gasteiger partial charge on any atom is 0.307 e. The zero-order valence-electron chi connectivity index (χ0n) is 15.4. The number of benzene rings is 1. The summed E-state index contributed by atoms with van der Waals surface area (Å²) in [7, 11) is 1.56. The van der Waals surface area contributed by atoms with Crippen LogP contribution in [-0.2, 0) is 20.7 Å². The molecule has 9 heteroatoms. The topological polar surface area (TPSA) is 117 Å². The molecule has 146 valence electrons. The van der Waals surface area contributed by atoms with E-state index in [0.717, 1.165) is 0 Å². The minimum absolute atomic E-state index is 0.0000556. The number of ether oxygens (including phenoxy) is 2. The van der Waals surface area contributed by atoms with Gasteiger partial charge in [-0.3, -0.25) is 9.59 Å². The lowest BCUT2D eigenvalue weighted by Crippen LogP contribution is -2.30. The molecule has 2 aromatic heterocycles. The van der Waals surface area contributed by atoms with Crippen molar-refractivity contribution < 1.29 is 28.0 Å². The Balaban J connectivity index is 1.45. The van der Waals surface area contributed by atoms with Crippen molar-refractivity contribution in [2.45, 2.75) is 25.9 Å². The van der Waals surface area contributed by atoms with Crippen LogP contribution < -0.4 is 10.1 Å². The van der Waals surface area contributed by atoms with Crippen LogP contribution in [0.15, 0.2) is 51.6 Å². The number of nitrogens with one attached hydrogen (secondary N) is 1. The number of hydrogen-bond acceptors (Lipinski definition) is 8. The number of anilines is 1. The molecule has 0 bridgehead atoms. The molecular formula is C19H19N3O6. The van der Waals surface area contributed by atoms with Gasteiger partial charge in [-0.25, -0.2) is 0 Å². The van der Waals surface area contributed by atoms with E-state index >= 15 is 0 Å². The normalized spacial score (nSPS) is 11.6. The molecule has 0 saturated heterocycles. The number of carbonyl (C=O) groups is 2. The minimum atomic E-state index is -0.948. The highest BCUT2D eigenvalue weighted by Crippen LogP contribution is 2.17. The van der Waals surface area contributed by atoms with Crippen molar-refractivity contribution in [2.75, 3.05) is 12.4 Å². The molecular weight excluding hydrogens is 366 g/mol. The Hall–Kier alpha value is -3.62. The molecule has 0 aliphatic heterocycles. The Kier molecular flexibility index (Phi) is 6.05. The van der Waals surface area contributed by atoms with Crippen LogP contribution in [0.25, 0.3) is 11.6 Å². The smallest absolute Gasteiger partial charge is 0.307 e. The molecule has 0 spiro atoms. The van der Waals surface area contributed by atoms with Crippen molar-refractivity contribution in [3.05, 3.63) is 48.6 Å². The van der Waals surface area contributed by atoms with Gasteiger partial charge in [0.15, 0.2) is 11.9 Å². The average molecular weight is 385 g/mol. The molecule has 0 aliphatic carbocycles. The molecule has 3 rings (SSSR count). The standard InChI is InChI=1S/C19H19N3O6/c1-12(19(24)20-13-5-7-14(25-2)8-6-13)27-17(23)10-9-16-21-18(22-28-16)15-4-3-11-26-15/h3-8,11-12H,9-10H2,1-2H3,(H,20,24). The van der Waals surface area contributed by atoms with Crippen LogP contribution in [0.3, 0.4) is 0 Å². The zero-order chi connectivity index (χ0) is 19.9. The van der Waals surface area contributed by atoms with E-state index in [1.54, 1.807) is 43.5 Å². The van der Waals surface area contributed by atoms with Gasteiger partial charge in [0.1, 0.15) is 5.75 Å². The molecule has 1 unspecified atom stereocenters. The van der Waals surface area contributed by atoms with E-state index in [4.69, 9.17) is 18.4 Å². The average Bonchev–Trinajstić information content (AvgIpc) is 3.38. The van der Waals surface area contributed by atoms with Crippen LogP contribution >= 0.6 is 0 Å². The van der Waals surface area contributed by atoms with Gasteiger partial charge < -0.3 is 23.7 Å². The van der Waals surface area contributed by atoms with E-state index in [0.29, 0.717) is 23.0 Å². The zero-order valence-corrected chi connectivity index (χ0v) is 15.4. The molecule has 1 atom stereocenters. The summed E-state index contributed by atoms with van der Waals surface area (Å²) in [6.45, 7) is 1.50. The molecule has 0 aliphatic rings. The van der Waals surface area contributed by atoms with Crippen molar-refractivity contribution in [3.63, 3.8) is 0 Å². The van der Waals surface area contributed by atoms with Crippen molar-refractivity contribution in [1.29, 1.82) is 0 Å². The molecule has 0 saturated carbocycles. The van der Waals surface area contributed by atoms with Crippen molar-refractivity contribution in [2.24, 2.45) is 0 Å². The fourth-order valence-electron chi connectivity index (χ4n) is 2.30. The molecule has 0 fully saturated rings. The number of hydrogen-bond donors (Lipinski definition) is 1. The largest absolute Gasteiger partial charge is 0.497 e. The Labute approximate surface area is 160 Å². The van der Waals surface area contributed by atoms with Gasteiger partial charge in [0.2, 0.25) is 11.7 Å². The first-order chi connectivity index (χ1) is 13.5. The van der Waals surface area contributed by atoms with E-state index in [1.165, 1.54) is 13.2 Å². The fourth-order valence-corrected chi connectivity index (χ4v) is 2.30. The summed E-state index contributed by atoms with van der Waals surface area (Å²) in [6.07, 6.45) is 0.747. The molecule has 1 N–H and O–H groups in total. The Bertz CT molecular complexity index is 918. The number of aryl methyl sites for hydroxylation is 1. The second-order valence-corrected chi connectivity index (χ2v) is 5.84. The number of carbonyl (C=O) groups excluding carboxylic acids is 2. The highest BCUT2D eigenvalue weighted by atomic mass is 16.5. The first kappa shape index (κ1) is 19.2. The van der Waals surface area contributed by atoms with Crippen LogP contribution in [0.2, 0.25) is 0 Å². The van der Waals surface area contributed by atoms with Gasteiger partial charge in [-0.05, 0) is 43.3 Å². The van der Waals surface area contributed by atoms with Crippen molar-refractivity contribution in [3.8, 4) is 17.3 Å². The minimum Gasteiger partial charge on any atom is -0.497 e. The summed E-state index contributed by atoms with van der Waals surface area (Å²) in [5.41, 5.74) is 0.574. The van der Waals surface area contributed by atoms with E-state index in [2.05, 4.69) is 15.5 Å². The molecule has 1 amide bonds. The van der Waals surface area contributed by atoms with E-state index in [-0.39, 0.29) is 18.7 Å². The van der Waals surface area contributed by atoms with Gasteiger partial charge in [-0.15, -0.1) is 0 Å². The van der Waals surface area contributed by atoms with Crippen LogP contribution in [0, 0.1) is 0 Å². The van der Waals surface area contributed by atoms with E-state index in [1.807, 2.05) is 0 Å². The molecule has 2 heterocycles. The number of nitrogens with zero attached hydrogens (tertiary/aromatic N) is 2. The third kappa shape index (κ3) is 4.97. The molecule has 3 aromatic rings. The lowest BCUT2D eigenvalue weighted by molar-refractivity contribution is -0.153. The highest BCUT2D eigenvalue weighted by molar-refractivity contribution is 5.95. The van der Waals surface area contributed by atoms with Crippen LogP contribution in [0.4, 0.5) is 5.69 Å². The summed E-state index contributed by atoms with van der Waals surface area (Å²) < 4.78 is 20.4. The number of esters is 1. The maximum absolute atomic E-state index is 12.1. The van der Waals surface area contributed by atoms with Crippen LogP contribution in [0.5, 0.6) is 5.75 Å². The summed E-state index contributed by atoms with van der Waals surface area (Å²) in [5, 5.41) is 6.45. The quantitative estimate of drug-likeness (QED) is 0.588. The first-order valence-electron chi connectivity index (χ1n) is 8.56. The predicted molar refractivity (Wildman–Crippen MR) is 97.5 cm³/mol. The number of furan rings is 1. The molecule has 9 nitrogen and oxygen atoms in total. The predicted octanol–water partition coefficient (Wildman–Crippen LogP) is 2.84. The van der Waals surface area contributed by atoms with Gasteiger partial charge in [-0.1, -0.05) is 5.16 Å². The number of methoxy groups -OCH3 is 1. The van der Waals surface area contributed by atoms with Gasteiger partial charge >= 0.3 is 5.97 Å². The summed E-state index contributed by atoms with van der Waals surface area (Å²) in [6, 6.07) is 10.2. The van der Waals surface area contributed by atoms with Gasteiger partial charge in [0.05, 0.1) is 19.8 Å². The second-order valence-electron chi connectivity index (χ2n) is 5.84. The first-order valence-corrected chi connectivity index (χ1v) is 8.56. The van der Waals surface area contributed by atoms with E-state index in [9.17, 15) is 9.59 Å². The summed E-state index contributed by atoms with van der Waals surface area (Å²) in [5.74, 6) is 0.751. The molecule has 28 heavy (non-hydrogen) atoms. The van der Waals surface area contributed by atoms with Gasteiger partial charge in [0, 0.05) is 12.1 Å². The molecule has 0 radical (unpaired) electrons. The summed E-state index contributed by atoms with van der Waals surface area (Å²) in [4.78, 5) is 28.3. The molecule has 1 aromatic carbocycles. The van der Waals surface area contributed by atoms with Gasteiger partial charge in [0.25, 0.3) is 5.91 Å². The maximum atomic E-state index is 12.1. The van der Waals surface area contributed by atoms with Crippen LogP contribution in [-0.4, -0.2) is 35.2 Å². The van der Waals surface area contributed by atoms with Crippen LogP contribution in [0.1, 0.15) is 19.2 Å². The lowest BCUT2D eigenvalue weighted by Gasteiger charge is -2.13. The van der Waals surface area contributed by atoms with E-state index < -0.39 is 18.0 Å². The Morgan fingerprint density at radius 2 is 2.00 bits per heavy atom. The SMILES string of the molecule is COc1ccc(NC(=O)C(C)OC(=O)CCc2nc(-c3ccco3)no2)cc1. The number of amides is 1. The monoisotopic (exact) mass is 385 g/mol. The lowest BCUT2D eigenvalue weighted by atomic mass is 10.2. The second kappa shape index (κ2) is 8.85. The van der Waals surface area contributed by atoms with Crippen molar-refractivity contribution >= 4 is 17.6 Å². The third-order valence-electron chi connectivity index (χ3n) is 3.79. The number of aromatic nitrogens is 2. The third-order valence-corrected chi connectivity index (χ3v) is 3.79. The fraction of sp³-hybridized carbons (Fsp3) is 0.263.